The van der Waals surface area contributed by atoms with Gasteiger partial charge in [-0.25, -0.2) is 0 Å². The highest BCUT2D eigenvalue weighted by Gasteiger charge is 2.13. The number of ether oxygens (including phenoxy) is 1. The van der Waals surface area contributed by atoms with Crippen LogP contribution in [-0.2, 0) is 11.4 Å². The van der Waals surface area contributed by atoms with E-state index >= 15 is 0 Å². The van der Waals surface area contributed by atoms with Crippen LogP contribution in [0.1, 0.15) is 23.4 Å². The lowest BCUT2D eigenvalue weighted by molar-refractivity contribution is -0.127. The molecule has 1 amide bonds. The van der Waals surface area contributed by atoms with Crippen LogP contribution in [0.15, 0.2) is 27.8 Å². The number of hydrogen-bond acceptors (Lipinski definition) is 7. The van der Waals surface area contributed by atoms with Gasteiger partial charge in [0.25, 0.3) is 11.1 Å². The van der Waals surface area contributed by atoms with Crippen LogP contribution in [0.5, 0.6) is 5.75 Å². The Morgan fingerprint density at radius 2 is 2.20 bits per heavy atom. The van der Waals surface area contributed by atoms with Crippen LogP contribution < -0.4 is 4.74 Å². The Morgan fingerprint density at radius 1 is 1.40 bits per heavy atom. The van der Waals surface area contributed by atoms with Crippen LogP contribution in [-0.4, -0.2) is 40.3 Å². The van der Waals surface area contributed by atoms with Crippen molar-refractivity contribution in [3.8, 4) is 11.8 Å². The highest BCUT2D eigenvalue weighted by molar-refractivity contribution is 7.99. The lowest BCUT2D eigenvalue weighted by Gasteiger charge is -2.13. The molecule has 0 N–H and O–H groups in total. The molecule has 2 aromatic rings. The van der Waals surface area contributed by atoms with Crippen molar-refractivity contribution in [2.24, 2.45) is 0 Å². The molecule has 0 aliphatic rings. The molecule has 8 heteroatoms. The maximum absolute atomic E-state index is 11.9. The van der Waals surface area contributed by atoms with Gasteiger partial charge >= 0.3 is 0 Å². The highest BCUT2D eigenvalue weighted by atomic mass is 32.2. The van der Waals surface area contributed by atoms with Crippen LogP contribution in [0.3, 0.4) is 0 Å². The molecule has 0 saturated carbocycles. The van der Waals surface area contributed by atoms with Crippen molar-refractivity contribution in [1.82, 2.24) is 15.1 Å². The number of nitrogens with zero attached hydrogens (tertiary/aromatic N) is 4. The van der Waals surface area contributed by atoms with E-state index in [1.165, 1.54) is 16.7 Å². The summed E-state index contributed by atoms with van der Waals surface area (Å²) in [6.07, 6.45) is 0.313. The van der Waals surface area contributed by atoms with Gasteiger partial charge in [0.05, 0.1) is 18.2 Å². The quantitative estimate of drug-likeness (QED) is 0.668. The van der Waals surface area contributed by atoms with Gasteiger partial charge in [0.2, 0.25) is 5.91 Å². The van der Waals surface area contributed by atoms with Gasteiger partial charge in [-0.3, -0.25) is 4.79 Å². The lowest BCUT2D eigenvalue weighted by Crippen LogP contribution is -2.29. The second-order valence-corrected chi connectivity index (χ2v) is 6.46. The Bertz CT molecular complexity index is 769. The third-order valence-corrected chi connectivity index (χ3v) is 4.25. The lowest BCUT2D eigenvalue weighted by atomic mass is 10.1. The molecular formula is C17H20N4O3S. The molecule has 0 bridgehead atoms. The zero-order chi connectivity index (χ0) is 18.2. The third kappa shape index (κ3) is 5.80. The second kappa shape index (κ2) is 9.08. The Kier molecular flexibility index (Phi) is 6.83. The molecule has 1 aromatic carbocycles. The summed E-state index contributed by atoms with van der Waals surface area (Å²) < 4.78 is 11.2. The Labute approximate surface area is 151 Å². The van der Waals surface area contributed by atoms with Crippen molar-refractivity contribution in [2.75, 3.05) is 19.3 Å². The zero-order valence-corrected chi connectivity index (χ0v) is 15.3. The molecular weight excluding hydrogens is 340 g/mol. The predicted molar refractivity (Wildman–Crippen MR) is 93.1 cm³/mol. The first-order valence-electron chi connectivity index (χ1n) is 7.75. The number of benzene rings is 1. The molecule has 0 unspecified atom stereocenters. The van der Waals surface area contributed by atoms with Crippen molar-refractivity contribution in [3.05, 3.63) is 35.2 Å². The monoisotopic (exact) mass is 360 g/mol. The number of aromatic nitrogens is 2. The first-order valence-corrected chi connectivity index (χ1v) is 8.74. The minimum Gasteiger partial charge on any atom is -0.484 e. The number of thioether (sulfide) groups is 1. The number of amides is 1. The summed E-state index contributed by atoms with van der Waals surface area (Å²) >= 11 is 1.17. The van der Waals surface area contributed by atoms with Crippen molar-refractivity contribution in [2.45, 2.75) is 32.1 Å². The molecule has 0 fully saturated rings. The number of hydrogen-bond donors (Lipinski definition) is 0. The minimum absolute atomic E-state index is 0.0911. The topological polar surface area (TPSA) is 92.3 Å². The van der Waals surface area contributed by atoms with E-state index in [0.717, 1.165) is 16.9 Å². The minimum atomic E-state index is -0.0911. The van der Waals surface area contributed by atoms with Crippen LogP contribution in [0, 0.1) is 25.2 Å². The van der Waals surface area contributed by atoms with Crippen LogP contribution >= 0.6 is 11.8 Å². The van der Waals surface area contributed by atoms with Crippen molar-refractivity contribution < 1.29 is 13.9 Å². The Balaban J connectivity index is 1.83. The van der Waals surface area contributed by atoms with E-state index in [0.29, 0.717) is 24.1 Å². The molecule has 132 valence electrons. The van der Waals surface area contributed by atoms with Gasteiger partial charge in [-0.05, 0) is 31.0 Å². The summed E-state index contributed by atoms with van der Waals surface area (Å²) in [4.78, 5) is 13.4. The van der Waals surface area contributed by atoms with Gasteiger partial charge in [-0.1, -0.05) is 23.9 Å². The molecule has 2 rings (SSSR count). The van der Waals surface area contributed by atoms with Gasteiger partial charge < -0.3 is 14.1 Å². The van der Waals surface area contributed by atoms with E-state index in [4.69, 9.17) is 14.4 Å². The molecule has 0 spiro atoms. The molecule has 1 aromatic heterocycles. The van der Waals surface area contributed by atoms with Crippen molar-refractivity contribution in [3.63, 3.8) is 0 Å². The number of carbonyl (C=O) groups excluding carboxylic acids is 1. The molecule has 0 saturated heterocycles. The first kappa shape index (κ1) is 18.8. The third-order valence-electron chi connectivity index (χ3n) is 3.45. The molecule has 0 aliphatic heterocycles. The average Bonchev–Trinajstić information content (AvgIpc) is 3.06. The summed E-state index contributed by atoms with van der Waals surface area (Å²) in [5.41, 5.74) is 2.15. The molecule has 0 radical (unpaired) electrons. The van der Waals surface area contributed by atoms with Gasteiger partial charge in [0, 0.05) is 13.6 Å². The van der Waals surface area contributed by atoms with E-state index in [1.807, 2.05) is 38.1 Å². The summed E-state index contributed by atoms with van der Waals surface area (Å²) in [6, 6.07) is 7.98. The van der Waals surface area contributed by atoms with Gasteiger partial charge in [-0.2, -0.15) is 5.26 Å². The number of nitriles is 1. The van der Waals surface area contributed by atoms with Crippen LogP contribution in [0.25, 0.3) is 0 Å². The van der Waals surface area contributed by atoms with E-state index in [2.05, 4.69) is 10.2 Å². The number of rotatable bonds is 8. The second-order valence-electron chi connectivity index (χ2n) is 5.53. The van der Waals surface area contributed by atoms with E-state index in [-0.39, 0.29) is 18.3 Å². The van der Waals surface area contributed by atoms with Crippen LogP contribution in [0.4, 0.5) is 0 Å². The molecule has 7 nitrogen and oxygen atoms in total. The smallest absolute Gasteiger partial charge is 0.277 e. The number of aryl methyl sites for hydroxylation is 2. The first-order chi connectivity index (χ1) is 12.0. The maximum Gasteiger partial charge on any atom is 0.277 e. The van der Waals surface area contributed by atoms with E-state index < -0.39 is 0 Å². The summed E-state index contributed by atoms with van der Waals surface area (Å²) in [5.74, 6) is 1.23. The van der Waals surface area contributed by atoms with Crippen LogP contribution in [0.2, 0.25) is 0 Å². The SMILES string of the molecule is Cc1ccc(C)c(OCc2nnc(SCC(=O)N(C)CCC#N)o2)c1. The molecule has 1 heterocycles. The normalized spacial score (nSPS) is 10.3. The fourth-order valence-electron chi connectivity index (χ4n) is 1.93. The van der Waals surface area contributed by atoms with Crippen molar-refractivity contribution in [1.29, 1.82) is 5.26 Å². The summed E-state index contributed by atoms with van der Waals surface area (Å²) in [7, 11) is 1.66. The summed E-state index contributed by atoms with van der Waals surface area (Å²) in [6.45, 7) is 4.55. The fraction of sp³-hybridized carbons (Fsp3) is 0.412. The largest absolute Gasteiger partial charge is 0.484 e. The zero-order valence-electron chi connectivity index (χ0n) is 14.5. The van der Waals surface area contributed by atoms with Crippen molar-refractivity contribution >= 4 is 17.7 Å². The fourth-order valence-corrected chi connectivity index (χ4v) is 2.65. The molecule has 25 heavy (non-hydrogen) atoms. The van der Waals surface area contributed by atoms with Gasteiger partial charge in [0.1, 0.15) is 5.75 Å². The average molecular weight is 360 g/mol. The van der Waals surface area contributed by atoms with E-state index in [1.54, 1.807) is 7.05 Å². The maximum atomic E-state index is 11.9. The number of carbonyl (C=O) groups is 1. The molecule has 0 aliphatic carbocycles. The van der Waals surface area contributed by atoms with Gasteiger partial charge in [0.15, 0.2) is 6.61 Å². The molecule has 0 atom stereocenters. The Morgan fingerprint density at radius 3 is 2.96 bits per heavy atom. The predicted octanol–water partition coefficient (Wildman–Crippen LogP) is 2.73. The summed E-state index contributed by atoms with van der Waals surface area (Å²) in [5, 5.41) is 16.7. The standard InChI is InChI=1S/C17H20N4O3S/c1-12-5-6-13(2)14(9-12)23-10-15-19-20-17(24-15)25-11-16(22)21(3)8-4-7-18/h5-6,9H,4,8,10-11H2,1-3H3. The van der Waals surface area contributed by atoms with E-state index in [9.17, 15) is 4.79 Å². The highest BCUT2D eigenvalue weighted by Crippen LogP contribution is 2.21. The Hall–Kier alpha value is -2.53. The van der Waals surface area contributed by atoms with Gasteiger partial charge in [-0.15, -0.1) is 10.2 Å².